The van der Waals surface area contributed by atoms with Gasteiger partial charge >= 0.3 is 0 Å². The van der Waals surface area contributed by atoms with Crippen molar-refractivity contribution in [1.82, 2.24) is 9.78 Å². The number of aryl methyl sites for hydroxylation is 1. The van der Waals surface area contributed by atoms with Crippen LogP contribution in [0.5, 0.6) is 0 Å². The molecule has 0 radical (unpaired) electrons. The standard InChI is InChI=1S/C12H23N3O3/c1-16-7-3-9-18-11-10-17-8-2-5-15-6-4-12(13)14-15/h4,6H,2-3,5,7-11H2,1H3,(H2,13,14). The maximum absolute atomic E-state index is 5.51. The summed E-state index contributed by atoms with van der Waals surface area (Å²) in [6, 6.07) is 1.79. The van der Waals surface area contributed by atoms with Crippen LogP contribution in [0.3, 0.4) is 0 Å². The molecule has 0 aliphatic rings. The first-order valence-corrected chi connectivity index (χ1v) is 6.26. The lowest BCUT2D eigenvalue weighted by Gasteiger charge is -2.05. The molecule has 1 aromatic rings. The number of nitrogens with zero attached hydrogens (tertiary/aromatic N) is 2. The van der Waals surface area contributed by atoms with Gasteiger partial charge < -0.3 is 19.9 Å². The Kier molecular flexibility index (Phi) is 8.20. The average Bonchev–Trinajstić information content (AvgIpc) is 2.77. The topological polar surface area (TPSA) is 71.5 Å². The van der Waals surface area contributed by atoms with Crippen molar-refractivity contribution in [2.24, 2.45) is 0 Å². The fourth-order valence-electron chi connectivity index (χ4n) is 1.46. The fraction of sp³-hybridized carbons (Fsp3) is 0.750. The number of hydrogen-bond donors (Lipinski definition) is 1. The van der Waals surface area contributed by atoms with E-state index in [-0.39, 0.29) is 0 Å². The van der Waals surface area contributed by atoms with Crippen LogP contribution in [0, 0.1) is 0 Å². The Labute approximate surface area is 108 Å². The third-order valence-corrected chi connectivity index (χ3v) is 2.35. The highest BCUT2D eigenvalue weighted by Crippen LogP contribution is 1.97. The highest BCUT2D eigenvalue weighted by Gasteiger charge is 1.95. The predicted octanol–water partition coefficient (Wildman–Crippen LogP) is 0.925. The lowest BCUT2D eigenvalue weighted by Crippen LogP contribution is -2.09. The van der Waals surface area contributed by atoms with Gasteiger partial charge in [0.05, 0.1) is 13.2 Å². The molecule has 0 aromatic carbocycles. The summed E-state index contributed by atoms with van der Waals surface area (Å²) >= 11 is 0. The van der Waals surface area contributed by atoms with Crippen LogP contribution >= 0.6 is 0 Å². The number of methoxy groups -OCH3 is 1. The van der Waals surface area contributed by atoms with Crippen molar-refractivity contribution < 1.29 is 14.2 Å². The van der Waals surface area contributed by atoms with Crippen LogP contribution in [0.15, 0.2) is 12.3 Å². The second-order valence-corrected chi connectivity index (χ2v) is 3.93. The summed E-state index contributed by atoms with van der Waals surface area (Å²) in [6.07, 6.45) is 3.72. The lowest BCUT2D eigenvalue weighted by atomic mass is 10.4. The van der Waals surface area contributed by atoms with Crippen molar-refractivity contribution in [1.29, 1.82) is 0 Å². The van der Waals surface area contributed by atoms with Crippen molar-refractivity contribution in [3.05, 3.63) is 12.3 Å². The molecular weight excluding hydrogens is 234 g/mol. The summed E-state index contributed by atoms with van der Waals surface area (Å²) in [5, 5.41) is 4.09. The van der Waals surface area contributed by atoms with Gasteiger partial charge in [0.15, 0.2) is 0 Å². The van der Waals surface area contributed by atoms with Gasteiger partial charge in [-0.15, -0.1) is 0 Å². The second-order valence-electron chi connectivity index (χ2n) is 3.93. The molecule has 1 heterocycles. The number of nitrogens with two attached hydrogens (primary N) is 1. The van der Waals surface area contributed by atoms with Crippen LogP contribution in [0.2, 0.25) is 0 Å². The minimum atomic E-state index is 0.556. The van der Waals surface area contributed by atoms with Gasteiger partial charge in [0.1, 0.15) is 5.82 Å². The SMILES string of the molecule is COCCCOCCOCCCn1ccc(N)n1. The molecule has 0 atom stereocenters. The van der Waals surface area contributed by atoms with Crippen LogP contribution in [0.1, 0.15) is 12.8 Å². The average molecular weight is 257 g/mol. The smallest absolute Gasteiger partial charge is 0.145 e. The minimum absolute atomic E-state index is 0.556. The normalized spacial score (nSPS) is 10.9. The van der Waals surface area contributed by atoms with Gasteiger partial charge in [0.2, 0.25) is 0 Å². The van der Waals surface area contributed by atoms with E-state index in [9.17, 15) is 0 Å². The fourth-order valence-corrected chi connectivity index (χ4v) is 1.46. The summed E-state index contributed by atoms with van der Waals surface area (Å²) in [6.45, 7) is 4.28. The van der Waals surface area contributed by atoms with Crippen LogP contribution < -0.4 is 5.73 Å². The molecule has 0 amide bonds. The van der Waals surface area contributed by atoms with Crippen molar-refractivity contribution >= 4 is 5.82 Å². The molecule has 2 N–H and O–H groups in total. The highest BCUT2D eigenvalue weighted by atomic mass is 16.5. The second kappa shape index (κ2) is 9.87. The molecule has 1 aromatic heterocycles. The third-order valence-electron chi connectivity index (χ3n) is 2.35. The Balaban J connectivity index is 1.81. The molecule has 0 aliphatic heterocycles. The van der Waals surface area contributed by atoms with E-state index in [4.69, 9.17) is 19.9 Å². The maximum atomic E-state index is 5.51. The van der Waals surface area contributed by atoms with E-state index in [0.29, 0.717) is 25.6 Å². The van der Waals surface area contributed by atoms with E-state index in [1.165, 1.54) is 0 Å². The van der Waals surface area contributed by atoms with Crippen molar-refractivity contribution in [2.45, 2.75) is 19.4 Å². The predicted molar refractivity (Wildman–Crippen MR) is 69.4 cm³/mol. The number of aromatic nitrogens is 2. The van der Waals surface area contributed by atoms with E-state index in [2.05, 4.69) is 5.10 Å². The molecule has 1 rings (SSSR count). The van der Waals surface area contributed by atoms with Gasteiger partial charge in [-0.2, -0.15) is 5.10 Å². The largest absolute Gasteiger partial charge is 0.385 e. The first-order chi connectivity index (χ1) is 8.83. The van der Waals surface area contributed by atoms with Crippen LogP contribution in [0.25, 0.3) is 0 Å². The molecule has 0 spiro atoms. The zero-order valence-corrected chi connectivity index (χ0v) is 11.0. The van der Waals surface area contributed by atoms with Gasteiger partial charge in [-0.1, -0.05) is 0 Å². The number of anilines is 1. The zero-order valence-electron chi connectivity index (χ0n) is 11.0. The molecule has 104 valence electrons. The van der Waals surface area contributed by atoms with Crippen molar-refractivity contribution in [2.75, 3.05) is 45.9 Å². The van der Waals surface area contributed by atoms with Gasteiger partial charge in [0.25, 0.3) is 0 Å². The van der Waals surface area contributed by atoms with E-state index < -0.39 is 0 Å². The van der Waals surface area contributed by atoms with E-state index >= 15 is 0 Å². The monoisotopic (exact) mass is 257 g/mol. The molecule has 0 unspecified atom stereocenters. The maximum Gasteiger partial charge on any atom is 0.145 e. The number of ether oxygens (including phenoxy) is 3. The molecule has 0 bridgehead atoms. The quantitative estimate of drug-likeness (QED) is 0.597. The molecule has 0 saturated heterocycles. The first-order valence-electron chi connectivity index (χ1n) is 6.26. The van der Waals surface area contributed by atoms with E-state index in [1.54, 1.807) is 13.2 Å². The number of nitrogen functional groups attached to an aromatic ring is 1. The summed E-state index contributed by atoms with van der Waals surface area (Å²) in [5.41, 5.74) is 5.51. The van der Waals surface area contributed by atoms with Crippen LogP contribution in [0.4, 0.5) is 5.82 Å². The van der Waals surface area contributed by atoms with Gasteiger partial charge in [-0.05, 0) is 18.9 Å². The summed E-state index contributed by atoms with van der Waals surface area (Å²) < 4.78 is 17.5. The molecule has 18 heavy (non-hydrogen) atoms. The van der Waals surface area contributed by atoms with Crippen molar-refractivity contribution in [3.63, 3.8) is 0 Å². The number of rotatable bonds is 11. The molecule has 0 aliphatic carbocycles. The Morgan fingerprint density at radius 3 is 2.44 bits per heavy atom. The minimum Gasteiger partial charge on any atom is -0.385 e. The molecule has 0 saturated carbocycles. The molecular formula is C12H23N3O3. The van der Waals surface area contributed by atoms with Gasteiger partial charge in [-0.25, -0.2) is 0 Å². The molecule has 6 nitrogen and oxygen atoms in total. The van der Waals surface area contributed by atoms with Crippen LogP contribution in [-0.4, -0.2) is 49.9 Å². The Morgan fingerprint density at radius 1 is 1.11 bits per heavy atom. The number of hydrogen-bond acceptors (Lipinski definition) is 5. The molecule has 0 fully saturated rings. The van der Waals surface area contributed by atoms with Crippen LogP contribution in [-0.2, 0) is 20.8 Å². The zero-order chi connectivity index (χ0) is 13.1. The first kappa shape index (κ1) is 14.9. The summed E-state index contributed by atoms with van der Waals surface area (Å²) in [7, 11) is 1.69. The van der Waals surface area contributed by atoms with Gasteiger partial charge in [0, 0.05) is 39.7 Å². The summed E-state index contributed by atoms with van der Waals surface area (Å²) in [5.74, 6) is 0.556. The Hall–Kier alpha value is -1.11. The third kappa shape index (κ3) is 7.26. The van der Waals surface area contributed by atoms with Gasteiger partial charge in [-0.3, -0.25) is 4.68 Å². The Morgan fingerprint density at radius 2 is 1.83 bits per heavy atom. The Bertz CT molecular complexity index is 305. The lowest BCUT2D eigenvalue weighted by molar-refractivity contribution is 0.0382. The highest BCUT2D eigenvalue weighted by molar-refractivity contribution is 5.23. The summed E-state index contributed by atoms with van der Waals surface area (Å²) in [4.78, 5) is 0. The van der Waals surface area contributed by atoms with Crippen molar-refractivity contribution in [3.8, 4) is 0 Å². The molecule has 6 heteroatoms. The van der Waals surface area contributed by atoms with E-state index in [1.807, 2.05) is 10.9 Å². The van der Waals surface area contributed by atoms with E-state index in [0.717, 1.165) is 32.6 Å².